The van der Waals surface area contributed by atoms with Crippen molar-refractivity contribution in [2.24, 2.45) is 5.41 Å². The van der Waals surface area contributed by atoms with Crippen molar-refractivity contribution in [1.29, 1.82) is 0 Å². The molecule has 3 aromatic carbocycles. The maximum Gasteiger partial charge on any atom is 0.254 e. The van der Waals surface area contributed by atoms with Crippen LogP contribution in [0.3, 0.4) is 0 Å². The van der Waals surface area contributed by atoms with Crippen molar-refractivity contribution in [3.63, 3.8) is 0 Å². The van der Waals surface area contributed by atoms with Crippen LogP contribution in [0, 0.1) is 5.41 Å². The summed E-state index contributed by atoms with van der Waals surface area (Å²) in [5.41, 5.74) is 0.910. The van der Waals surface area contributed by atoms with E-state index in [9.17, 15) is 14.7 Å². The number of benzene rings is 3. The first-order valence-electron chi connectivity index (χ1n) is 10.6. The molecule has 0 fully saturated rings. The largest absolute Gasteiger partial charge is 0.505 e. The normalized spacial score (nSPS) is 12.0. The molecule has 8 heteroatoms. The van der Waals surface area contributed by atoms with Gasteiger partial charge < -0.3 is 20.5 Å². The van der Waals surface area contributed by atoms with Gasteiger partial charge in [-0.1, -0.05) is 86.4 Å². The Morgan fingerprint density at radius 2 is 1.56 bits per heavy atom. The molecule has 178 valence electrons. The van der Waals surface area contributed by atoms with E-state index < -0.39 is 17.4 Å². The smallest absolute Gasteiger partial charge is 0.254 e. The van der Waals surface area contributed by atoms with Crippen LogP contribution in [-0.2, 0) is 16.2 Å². The molecule has 0 radical (unpaired) electrons. The number of ether oxygens (including phenoxy) is 1. The third kappa shape index (κ3) is 6.43. The van der Waals surface area contributed by atoms with Crippen molar-refractivity contribution < 1.29 is 19.4 Å². The van der Waals surface area contributed by atoms with Crippen LogP contribution >= 0.6 is 23.2 Å². The molecule has 0 aliphatic heterocycles. The molecule has 34 heavy (non-hydrogen) atoms. The number of phenols is 1. The first kappa shape index (κ1) is 25.4. The van der Waals surface area contributed by atoms with E-state index in [4.69, 9.17) is 27.9 Å². The zero-order chi connectivity index (χ0) is 24.9. The highest BCUT2D eigenvalue weighted by Gasteiger charge is 2.35. The Hall–Kier alpha value is -3.22. The summed E-state index contributed by atoms with van der Waals surface area (Å²) in [5, 5.41) is 15.5. The van der Waals surface area contributed by atoms with Crippen LogP contribution in [-0.4, -0.2) is 22.8 Å². The number of ketones is 1. The average Bonchev–Trinajstić information content (AvgIpc) is 2.80. The summed E-state index contributed by atoms with van der Waals surface area (Å²) < 4.78 is 5.91. The minimum atomic E-state index is -1.25. The highest BCUT2D eigenvalue weighted by atomic mass is 35.5. The first-order valence-corrected chi connectivity index (χ1v) is 11.4. The van der Waals surface area contributed by atoms with Crippen molar-refractivity contribution in [2.75, 3.05) is 10.6 Å². The number of anilines is 2. The highest BCUT2D eigenvalue weighted by molar-refractivity contribution is 6.37. The number of Topliss-reactive ketones (excluding diaryl/α,β-unsaturated/α-hetero) is 1. The van der Waals surface area contributed by atoms with Gasteiger partial charge in [0, 0.05) is 11.1 Å². The topological polar surface area (TPSA) is 87.7 Å². The number of carbonyl (C=O) groups is 2. The number of hydrogen-bond donors (Lipinski definition) is 3. The predicted octanol–water partition coefficient (Wildman–Crippen LogP) is 6.31. The Morgan fingerprint density at radius 1 is 0.971 bits per heavy atom. The Morgan fingerprint density at radius 3 is 2.18 bits per heavy atom. The standard InChI is InChI=1S/C26H26Cl2N2O4/c1-26(2,3)24(32)22(29-17-13-18(27)23(31)19(28)14-17)25(33)30-20-11-7-8-12-21(20)34-15-16-9-5-4-6-10-16/h4-14,22,29,31H,15H2,1-3H3,(H,30,33). The summed E-state index contributed by atoms with van der Waals surface area (Å²) in [6, 6.07) is 18.2. The van der Waals surface area contributed by atoms with E-state index in [0.717, 1.165) is 5.56 Å². The Balaban J connectivity index is 1.84. The van der Waals surface area contributed by atoms with E-state index >= 15 is 0 Å². The summed E-state index contributed by atoms with van der Waals surface area (Å²) in [6.07, 6.45) is 0. The molecule has 0 saturated carbocycles. The molecule has 1 unspecified atom stereocenters. The Labute approximate surface area is 208 Å². The molecule has 6 nitrogen and oxygen atoms in total. The number of para-hydroxylation sites is 2. The fourth-order valence-electron chi connectivity index (χ4n) is 3.13. The lowest BCUT2D eigenvalue weighted by atomic mass is 9.86. The molecular formula is C26H26Cl2N2O4. The van der Waals surface area contributed by atoms with Gasteiger partial charge in [0.05, 0.1) is 15.7 Å². The van der Waals surface area contributed by atoms with Crippen molar-refractivity contribution in [3.05, 3.63) is 82.3 Å². The van der Waals surface area contributed by atoms with E-state index in [1.165, 1.54) is 12.1 Å². The SMILES string of the molecule is CC(C)(C)C(=O)C(Nc1cc(Cl)c(O)c(Cl)c1)C(=O)Nc1ccccc1OCc1ccccc1. The van der Waals surface area contributed by atoms with Crippen LogP contribution in [0.1, 0.15) is 26.3 Å². The molecule has 0 saturated heterocycles. The molecule has 3 aromatic rings. The molecule has 1 atom stereocenters. The fourth-order valence-corrected chi connectivity index (χ4v) is 3.62. The average molecular weight is 501 g/mol. The van der Waals surface area contributed by atoms with Crippen LogP contribution in [0.15, 0.2) is 66.7 Å². The third-order valence-electron chi connectivity index (χ3n) is 4.97. The summed E-state index contributed by atoms with van der Waals surface area (Å²) in [5.74, 6) is -0.720. The minimum Gasteiger partial charge on any atom is -0.505 e. The van der Waals surface area contributed by atoms with Crippen molar-refractivity contribution in [2.45, 2.75) is 33.4 Å². The maximum atomic E-state index is 13.3. The Bertz CT molecular complexity index is 1150. The summed E-state index contributed by atoms with van der Waals surface area (Å²) >= 11 is 12.0. The number of carbonyl (C=O) groups excluding carboxylic acids is 2. The van der Waals surface area contributed by atoms with E-state index in [-0.39, 0.29) is 21.6 Å². The molecular weight excluding hydrogens is 475 g/mol. The first-order chi connectivity index (χ1) is 16.1. The van der Waals surface area contributed by atoms with Crippen LogP contribution < -0.4 is 15.4 Å². The van der Waals surface area contributed by atoms with Gasteiger partial charge in [-0.3, -0.25) is 9.59 Å². The van der Waals surface area contributed by atoms with Gasteiger partial charge in [-0.15, -0.1) is 0 Å². The number of amides is 1. The van der Waals surface area contributed by atoms with E-state index in [1.807, 2.05) is 30.3 Å². The zero-order valence-electron chi connectivity index (χ0n) is 19.1. The monoisotopic (exact) mass is 500 g/mol. The van der Waals surface area contributed by atoms with Gasteiger partial charge >= 0.3 is 0 Å². The van der Waals surface area contributed by atoms with Crippen molar-refractivity contribution in [1.82, 2.24) is 0 Å². The summed E-state index contributed by atoms with van der Waals surface area (Å²) in [6.45, 7) is 5.50. The lowest BCUT2D eigenvalue weighted by Crippen LogP contribution is -2.46. The summed E-state index contributed by atoms with van der Waals surface area (Å²) in [7, 11) is 0. The van der Waals surface area contributed by atoms with Gasteiger partial charge in [0.15, 0.2) is 17.6 Å². The molecule has 3 N–H and O–H groups in total. The van der Waals surface area contributed by atoms with Crippen LogP contribution in [0.25, 0.3) is 0 Å². The number of phenolic OH excluding ortho intramolecular Hbond substituents is 1. The van der Waals surface area contributed by atoms with Gasteiger partial charge in [-0.05, 0) is 29.8 Å². The number of rotatable bonds is 8. The molecule has 0 aromatic heterocycles. The van der Waals surface area contributed by atoms with Crippen LogP contribution in [0.2, 0.25) is 10.0 Å². The second-order valence-corrected chi connectivity index (χ2v) is 9.55. The van der Waals surface area contributed by atoms with Gasteiger partial charge in [0.1, 0.15) is 12.4 Å². The number of halogens is 2. The maximum absolute atomic E-state index is 13.3. The zero-order valence-corrected chi connectivity index (χ0v) is 20.6. The lowest BCUT2D eigenvalue weighted by molar-refractivity contribution is -0.131. The van der Waals surface area contributed by atoms with Crippen LogP contribution in [0.4, 0.5) is 11.4 Å². The summed E-state index contributed by atoms with van der Waals surface area (Å²) in [4.78, 5) is 26.5. The molecule has 0 heterocycles. The molecule has 0 aliphatic carbocycles. The molecule has 0 aliphatic rings. The predicted molar refractivity (Wildman–Crippen MR) is 136 cm³/mol. The van der Waals surface area contributed by atoms with Crippen molar-refractivity contribution in [3.8, 4) is 11.5 Å². The second-order valence-electron chi connectivity index (χ2n) is 8.74. The van der Waals surface area contributed by atoms with Gasteiger partial charge in [-0.2, -0.15) is 0 Å². The number of hydrogen-bond acceptors (Lipinski definition) is 5. The van der Waals surface area contributed by atoms with Crippen LogP contribution in [0.5, 0.6) is 11.5 Å². The van der Waals surface area contributed by atoms with Gasteiger partial charge in [0.25, 0.3) is 5.91 Å². The number of aromatic hydroxyl groups is 1. The van der Waals surface area contributed by atoms with E-state index in [1.54, 1.807) is 45.0 Å². The third-order valence-corrected chi connectivity index (χ3v) is 5.55. The molecule has 0 spiro atoms. The molecule has 0 bridgehead atoms. The van der Waals surface area contributed by atoms with Gasteiger partial charge in [-0.25, -0.2) is 0 Å². The second kappa shape index (κ2) is 10.8. The quantitative estimate of drug-likeness (QED) is 0.249. The minimum absolute atomic E-state index is 0.00276. The van der Waals surface area contributed by atoms with E-state index in [2.05, 4.69) is 10.6 Å². The highest BCUT2D eigenvalue weighted by Crippen LogP contribution is 2.35. The fraction of sp³-hybridized carbons (Fsp3) is 0.231. The molecule has 1 amide bonds. The Kier molecular flexibility index (Phi) is 8.07. The number of nitrogens with one attached hydrogen (secondary N) is 2. The van der Waals surface area contributed by atoms with Gasteiger partial charge in [0.2, 0.25) is 0 Å². The molecule has 3 rings (SSSR count). The lowest BCUT2D eigenvalue weighted by Gasteiger charge is -2.26. The van der Waals surface area contributed by atoms with E-state index in [0.29, 0.717) is 23.7 Å². The van der Waals surface area contributed by atoms with Crippen molar-refractivity contribution >= 4 is 46.3 Å².